The van der Waals surface area contributed by atoms with Crippen LogP contribution in [0, 0.1) is 0 Å². The standard InChI is InChI=1S/C23H46O4S.H3N/c1-2-3-4-5-6-7-8-9-10-11-12-13-14-15-16-17-18-19-20-21-22-23(24)28(25,26)27;/h2-22H2,1H3,(H,25,26,27);1H3. The fraction of sp³-hybridized carbons (Fsp3) is 0.957. The van der Waals surface area contributed by atoms with Gasteiger partial charge in [-0.1, -0.05) is 129 Å². The van der Waals surface area contributed by atoms with Crippen LogP contribution in [0.15, 0.2) is 0 Å². The molecule has 0 saturated carbocycles. The minimum atomic E-state index is -4.47. The van der Waals surface area contributed by atoms with E-state index in [4.69, 9.17) is 4.55 Å². The Hall–Kier alpha value is -0.460. The van der Waals surface area contributed by atoms with Crippen molar-refractivity contribution in [3.05, 3.63) is 0 Å². The predicted molar refractivity (Wildman–Crippen MR) is 124 cm³/mol. The highest BCUT2D eigenvalue weighted by Gasteiger charge is 2.16. The second kappa shape index (κ2) is 22.2. The van der Waals surface area contributed by atoms with Gasteiger partial charge in [-0.05, 0) is 6.42 Å². The quantitative estimate of drug-likeness (QED) is 0.141. The van der Waals surface area contributed by atoms with Gasteiger partial charge in [-0.2, -0.15) is 8.42 Å². The van der Waals surface area contributed by atoms with Gasteiger partial charge in [-0.25, -0.2) is 0 Å². The molecule has 0 atom stereocenters. The molecule has 0 bridgehead atoms. The Kier molecular flexibility index (Phi) is 23.6. The van der Waals surface area contributed by atoms with E-state index in [-0.39, 0.29) is 12.6 Å². The molecule has 0 aromatic rings. The maximum absolute atomic E-state index is 11.0. The molecule has 4 N–H and O–H groups in total. The number of hydrogen-bond acceptors (Lipinski definition) is 4. The van der Waals surface area contributed by atoms with E-state index in [1.807, 2.05) is 0 Å². The summed E-state index contributed by atoms with van der Waals surface area (Å²) < 4.78 is 29.7. The van der Waals surface area contributed by atoms with Crippen molar-refractivity contribution < 1.29 is 17.8 Å². The van der Waals surface area contributed by atoms with Crippen LogP contribution in [0.4, 0.5) is 0 Å². The molecule has 0 aromatic carbocycles. The molecule has 0 rings (SSSR count). The molecule has 5 nitrogen and oxygen atoms in total. The molecule has 6 heteroatoms. The fourth-order valence-electron chi connectivity index (χ4n) is 3.65. The van der Waals surface area contributed by atoms with Crippen molar-refractivity contribution in [2.24, 2.45) is 0 Å². The summed E-state index contributed by atoms with van der Waals surface area (Å²) in [6.45, 7) is 2.27. The van der Waals surface area contributed by atoms with E-state index in [0.717, 1.165) is 19.3 Å². The molecular weight excluding hydrogens is 386 g/mol. The molecule has 0 aliphatic rings. The summed E-state index contributed by atoms with van der Waals surface area (Å²) in [4.78, 5) is 11.0. The zero-order chi connectivity index (χ0) is 20.9. The van der Waals surface area contributed by atoms with Crippen LogP contribution >= 0.6 is 0 Å². The van der Waals surface area contributed by atoms with Crippen LogP contribution in [0.2, 0.25) is 0 Å². The Bertz CT molecular complexity index is 452. The molecule has 176 valence electrons. The summed E-state index contributed by atoms with van der Waals surface area (Å²) in [7, 11) is -4.47. The Labute approximate surface area is 181 Å². The third-order valence-electron chi connectivity index (χ3n) is 5.52. The first-order valence-corrected chi connectivity index (χ1v) is 13.4. The van der Waals surface area contributed by atoms with Gasteiger partial charge in [-0.3, -0.25) is 9.35 Å². The molecule has 0 unspecified atom stereocenters. The van der Waals surface area contributed by atoms with Gasteiger partial charge in [-0.15, -0.1) is 0 Å². The first kappa shape index (κ1) is 30.7. The minimum Gasteiger partial charge on any atom is -0.344 e. The lowest BCUT2D eigenvalue weighted by Crippen LogP contribution is -2.12. The van der Waals surface area contributed by atoms with Crippen molar-refractivity contribution in [3.63, 3.8) is 0 Å². The Morgan fingerprint density at radius 3 is 1.03 bits per heavy atom. The van der Waals surface area contributed by atoms with Crippen LogP contribution in [0.25, 0.3) is 0 Å². The summed E-state index contributed by atoms with van der Waals surface area (Å²) in [6.07, 6.45) is 25.6. The maximum atomic E-state index is 11.0. The van der Waals surface area contributed by atoms with Gasteiger partial charge in [0, 0.05) is 6.42 Å². The van der Waals surface area contributed by atoms with Crippen molar-refractivity contribution in [1.29, 1.82) is 0 Å². The van der Waals surface area contributed by atoms with Crippen molar-refractivity contribution in [2.45, 2.75) is 142 Å². The molecular formula is C23H49NO4S. The fourth-order valence-corrected chi connectivity index (χ4v) is 4.06. The Morgan fingerprint density at radius 1 is 0.552 bits per heavy atom. The van der Waals surface area contributed by atoms with Crippen LogP contribution in [0.1, 0.15) is 142 Å². The minimum absolute atomic E-state index is 0. The van der Waals surface area contributed by atoms with Crippen molar-refractivity contribution in [2.75, 3.05) is 0 Å². The molecule has 0 heterocycles. The number of hydrogen-bond donors (Lipinski definition) is 2. The zero-order valence-corrected chi connectivity index (χ0v) is 20.0. The van der Waals surface area contributed by atoms with E-state index >= 15 is 0 Å². The SMILES string of the molecule is CCCCCCCCCCCCCCCCCCCCCCC(=O)S(=O)(=O)O.N. The molecule has 0 aliphatic carbocycles. The van der Waals surface area contributed by atoms with E-state index in [1.54, 1.807) is 0 Å². The monoisotopic (exact) mass is 435 g/mol. The molecule has 0 fully saturated rings. The first-order chi connectivity index (χ1) is 13.5. The molecule has 0 saturated heterocycles. The summed E-state index contributed by atoms with van der Waals surface area (Å²) >= 11 is 0. The van der Waals surface area contributed by atoms with E-state index in [2.05, 4.69) is 6.92 Å². The van der Waals surface area contributed by atoms with Gasteiger partial charge in [0.1, 0.15) is 0 Å². The van der Waals surface area contributed by atoms with Gasteiger partial charge in [0.25, 0.3) is 5.12 Å². The maximum Gasteiger partial charge on any atom is 0.328 e. The Morgan fingerprint density at radius 2 is 0.793 bits per heavy atom. The van der Waals surface area contributed by atoms with Crippen LogP contribution in [0.5, 0.6) is 0 Å². The van der Waals surface area contributed by atoms with Gasteiger partial charge in [0.15, 0.2) is 0 Å². The molecule has 0 amide bonds. The number of carbonyl (C=O) groups is 1. The summed E-state index contributed by atoms with van der Waals surface area (Å²) in [5, 5.41) is -1.05. The lowest BCUT2D eigenvalue weighted by molar-refractivity contribution is -0.112. The lowest BCUT2D eigenvalue weighted by Gasteiger charge is -2.04. The normalized spacial score (nSPS) is 11.4. The summed E-state index contributed by atoms with van der Waals surface area (Å²) in [6, 6.07) is 0. The smallest absolute Gasteiger partial charge is 0.328 e. The second-order valence-corrected chi connectivity index (χ2v) is 9.72. The van der Waals surface area contributed by atoms with Crippen LogP contribution in [-0.4, -0.2) is 18.1 Å². The largest absolute Gasteiger partial charge is 0.344 e. The molecule has 0 spiro atoms. The van der Waals surface area contributed by atoms with Gasteiger partial charge < -0.3 is 6.15 Å². The number of unbranched alkanes of at least 4 members (excludes halogenated alkanes) is 19. The third-order valence-corrected chi connectivity index (χ3v) is 6.30. The average Bonchev–Trinajstić information content (AvgIpc) is 2.65. The van der Waals surface area contributed by atoms with Crippen molar-refractivity contribution in [1.82, 2.24) is 6.15 Å². The second-order valence-electron chi connectivity index (χ2n) is 8.31. The van der Waals surface area contributed by atoms with Crippen LogP contribution < -0.4 is 6.15 Å². The predicted octanol–water partition coefficient (Wildman–Crippen LogP) is 7.77. The van der Waals surface area contributed by atoms with Gasteiger partial charge >= 0.3 is 10.1 Å². The van der Waals surface area contributed by atoms with E-state index in [1.165, 1.54) is 103 Å². The topological polar surface area (TPSA) is 106 Å². The van der Waals surface area contributed by atoms with Crippen LogP contribution in [-0.2, 0) is 14.9 Å². The first-order valence-electron chi connectivity index (χ1n) is 12.0. The Balaban J connectivity index is 0. The highest BCUT2D eigenvalue weighted by Crippen LogP contribution is 2.15. The molecule has 0 aromatic heterocycles. The zero-order valence-electron chi connectivity index (χ0n) is 19.1. The van der Waals surface area contributed by atoms with Crippen LogP contribution in [0.3, 0.4) is 0 Å². The number of rotatable bonds is 21. The van der Waals surface area contributed by atoms with E-state index in [0.29, 0.717) is 6.42 Å². The molecule has 29 heavy (non-hydrogen) atoms. The van der Waals surface area contributed by atoms with Gasteiger partial charge in [0.05, 0.1) is 0 Å². The summed E-state index contributed by atoms with van der Waals surface area (Å²) in [5.41, 5.74) is 0. The highest BCUT2D eigenvalue weighted by atomic mass is 32.2. The van der Waals surface area contributed by atoms with Crippen molar-refractivity contribution in [3.8, 4) is 0 Å². The summed E-state index contributed by atoms with van der Waals surface area (Å²) in [5.74, 6) is 0. The third kappa shape index (κ3) is 23.7. The molecule has 0 radical (unpaired) electrons. The van der Waals surface area contributed by atoms with E-state index in [9.17, 15) is 13.2 Å². The average molecular weight is 436 g/mol. The lowest BCUT2D eigenvalue weighted by atomic mass is 10.0. The molecule has 0 aliphatic heterocycles. The highest BCUT2D eigenvalue weighted by molar-refractivity contribution is 8.01. The van der Waals surface area contributed by atoms with E-state index < -0.39 is 15.2 Å². The van der Waals surface area contributed by atoms with Crippen molar-refractivity contribution >= 4 is 15.2 Å². The number of carbonyl (C=O) groups excluding carboxylic acids is 1. The van der Waals surface area contributed by atoms with Gasteiger partial charge in [0.2, 0.25) is 0 Å².